The van der Waals surface area contributed by atoms with Gasteiger partial charge in [-0.2, -0.15) is 0 Å². The molecule has 1 aliphatic rings. The summed E-state index contributed by atoms with van der Waals surface area (Å²) in [6, 6.07) is 14.4. The average molecular weight is 440 g/mol. The fourth-order valence-electron chi connectivity index (χ4n) is 3.93. The van der Waals surface area contributed by atoms with Crippen molar-refractivity contribution in [1.82, 2.24) is 9.97 Å². The number of aliphatic hydroxyl groups excluding tert-OH is 1. The van der Waals surface area contributed by atoms with Gasteiger partial charge in [0.05, 0.1) is 16.7 Å². The van der Waals surface area contributed by atoms with Gasteiger partial charge in [0.1, 0.15) is 5.82 Å². The predicted octanol–water partition coefficient (Wildman–Crippen LogP) is 5.78. The summed E-state index contributed by atoms with van der Waals surface area (Å²) in [6.07, 6.45) is 4.69. The van der Waals surface area contributed by atoms with Crippen LogP contribution in [-0.4, -0.2) is 33.4 Å². The molecule has 1 atom stereocenters. The Kier molecular flexibility index (Phi) is 6.61. The quantitative estimate of drug-likeness (QED) is 0.527. The highest BCUT2D eigenvalue weighted by Crippen LogP contribution is 2.35. The van der Waals surface area contributed by atoms with Gasteiger partial charge in [0.25, 0.3) is 0 Å². The van der Waals surface area contributed by atoms with Gasteiger partial charge in [-0.15, -0.1) is 11.8 Å². The molecule has 1 aromatic carbocycles. The first-order valence-corrected chi connectivity index (χ1v) is 11.5. The minimum atomic E-state index is -0.0208. The smallest absolute Gasteiger partial charge is 0.134 e. The fourth-order valence-corrected chi connectivity index (χ4v) is 5.13. The molecule has 30 heavy (non-hydrogen) atoms. The number of rotatable bonds is 6. The zero-order valence-corrected chi connectivity index (χ0v) is 18.8. The normalized spacial score (nSPS) is 16.4. The number of hydrogen-bond acceptors (Lipinski definition) is 5. The van der Waals surface area contributed by atoms with Crippen molar-refractivity contribution < 1.29 is 5.11 Å². The third kappa shape index (κ3) is 4.64. The van der Waals surface area contributed by atoms with E-state index in [1.54, 1.807) is 18.0 Å². The monoisotopic (exact) mass is 439 g/mol. The lowest BCUT2D eigenvalue weighted by atomic mass is 9.93. The van der Waals surface area contributed by atoms with E-state index in [0.717, 1.165) is 41.5 Å². The van der Waals surface area contributed by atoms with Crippen molar-refractivity contribution in [2.45, 2.75) is 43.1 Å². The summed E-state index contributed by atoms with van der Waals surface area (Å²) >= 11 is 7.71. The van der Waals surface area contributed by atoms with Crippen LogP contribution in [0.2, 0.25) is 5.02 Å². The highest BCUT2D eigenvalue weighted by atomic mass is 35.5. The Hall–Kier alpha value is -2.08. The Bertz CT molecular complexity index is 1010. The van der Waals surface area contributed by atoms with Gasteiger partial charge < -0.3 is 10.0 Å². The SMILES string of the molecule is CC(C)c1ccccc1-c1cnc(N2CC[C@H](Sc3ccc(Cl)cn3)C2)c(CO)c1. The van der Waals surface area contributed by atoms with E-state index < -0.39 is 0 Å². The van der Waals surface area contributed by atoms with Crippen LogP contribution in [0, 0.1) is 0 Å². The van der Waals surface area contributed by atoms with E-state index in [2.05, 4.69) is 54.1 Å². The maximum atomic E-state index is 10.1. The van der Waals surface area contributed by atoms with Gasteiger partial charge in [-0.3, -0.25) is 0 Å². The number of benzene rings is 1. The minimum Gasteiger partial charge on any atom is -0.392 e. The standard InChI is InChI=1S/C24H26ClN3OS/c1-16(2)21-5-3-4-6-22(21)17-11-18(15-29)24(27-12-17)28-10-9-20(14-28)30-23-8-7-19(25)13-26-23/h3-8,11-13,16,20,29H,9-10,14-15H2,1-2H3/t20-/m0/s1. The number of aromatic nitrogens is 2. The van der Waals surface area contributed by atoms with Crippen LogP contribution < -0.4 is 4.90 Å². The molecule has 0 aliphatic carbocycles. The number of thioether (sulfide) groups is 1. The first kappa shape index (κ1) is 21.2. The molecule has 1 aliphatic heterocycles. The van der Waals surface area contributed by atoms with E-state index >= 15 is 0 Å². The highest BCUT2D eigenvalue weighted by molar-refractivity contribution is 7.99. The van der Waals surface area contributed by atoms with Crippen LogP contribution in [0.15, 0.2) is 59.9 Å². The molecule has 4 nitrogen and oxygen atoms in total. The molecule has 0 amide bonds. The van der Waals surface area contributed by atoms with Crippen molar-refractivity contribution in [1.29, 1.82) is 0 Å². The number of hydrogen-bond donors (Lipinski definition) is 1. The number of halogens is 1. The average Bonchev–Trinajstić information content (AvgIpc) is 3.23. The van der Waals surface area contributed by atoms with Gasteiger partial charge in [-0.05, 0) is 41.7 Å². The van der Waals surface area contributed by atoms with Crippen molar-refractivity contribution >= 4 is 29.2 Å². The first-order valence-electron chi connectivity index (χ1n) is 10.3. The maximum Gasteiger partial charge on any atom is 0.134 e. The molecule has 0 saturated carbocycles. The van der Waals surface area contributed by atoms with Crippen molar-refractivity contribution in [2.75, 3.05) is 18.0 Å². The van der Waals surface area contributed by atoms with E-state index in [4.69, 9.17) is 16.6 Å². The molecule has 0 spiro atoms. The molecule has 2 aromatic heterocycles. The Morgan fingerprint density at radius 2 is 2.00 bits per heavy atom. The van der Waals surface area contributed by atoms with Gasteiger partial charge in [0.15, 0.2) is 0 Å². The molecule has 156 valence electrons. The van der Waals surface area contributed by atoms with E-state index in [-0.39, 0.29) is 6.61 Å². The van der Waals surface area contributed by atoms with Gasteiger partial charge in [0, 0.05) is 41.9 Å². The molecular formula is C24H26ClN3OS. The molecule has 1 N–H and O–H groups in total. The summed E-state index contributed by atoms with van der Waals surface area (Å²) in [5, 5.41) is 12.1. The van der Waals surface area contributed by atoms with Crippen LogP contribution in [0.25, 0.3) is 11.1 Å². The van der Waals surface area contributed by atoms with Gasteiger partial charge in [0.2, 0.25) is 0 Å². The third-order valence-corrected chi connectivity index (χ3v) is 6.86. The lowest BCUT2D eigenvalue weighted by molar-refractivity contribution is 0.281. The molecule has 3 heterocycles. The topological polar surface area (TPSA) is 49.2 Å². The second-order valence-corrected chi connectivity index (χ2v) is 9.65. The summed E-state index contributed by atoms with van der Waals surface area (Å²) in [5.74, 6) is 1.31. The molecule has 0 unspecified atom stereocenters. The number of pyridine rings is 2. The van der Waals surface area contributed by atoms with Gasteiger partial charge in [-0.25, -0.2) is 9.97 Å². The van der Waals surface area contributed by atoms with Crippen molar-refractivity contribution in [3.05, 3.63) is 71.0 Å². The highest BCUT2D eigenvalue weighted by Gasteiger charge is 2.26. The summed E-state index contributed by atoms with van der Waals surface area (Å²) in [4.78, 5) is 11.5. The molecule has 0 radical (unpaired) electrons. The first-order chi connectivity index (χ1) is 14.5. The number of aliphatic hydroxyl groups is 1. The Balaban J connectivity index is 1.53. The van der Waals surface area contributed by atoms with Crippen LogP contribution in [-0.2, 0) is 6.61 Å². The second kappa shape index (κ2) is 9.38. The van der Waals surface area contributed by atoms with E-state index in [0.29, 0.717) is 16.2 Å². The molecule has 1 fully saturated rings. The molecule has 1 saturated heterocycles. The molecule has 3 aromatic rings. The van der Waals surface area contributed by atoms with Crippen LogP contribution in [0.1, 0.15) is 37.3 Å². The zero-order valence-electron chi connectivity index (χ0n) is 17.3. The van der Waals surface area contributed by atoms with Crippen LogP contribution in [0.4, 0.5) is 5.82 Å². The third-order valence-electron chi connectivity index (χ3n) is 5.44. The largest absolute Gasteiger partial charge is 0.392 e. The summed E-state index contributed by atoms with van der Waals surface area (Å²) in [6.45, 7) is 6.19. The Morgan fingerprint density at radius 3 is 2.73 bits per heavy atom. The lowest BCUT2D eigenvalue weighted by Crippen LogP contribution is -2.23. The summed E-state index contributed by atoms with van der Waals surface area (Å²) in [7, 11) is 0. The predicted molar refractivity (Wildman–Crippen MR) is 125 cm³/mol. The Morgan fingerprint density at radius 1 is 1.17 bits per heavy atom. The molecule has 6 heteroatoms. The Labute approximate surface area is 187 Å². The number of nitrogens with zero attached hydrogens (tertiary/aromatic N) is 3. The van der Waals surface area contributed by atoms with E-state index in [1.807, 2.05) is 18.3 Å². The van der Waals surface area contributed by atoms with Crippen molar-refractivity contribution in [2.24, 2.45) is 0 Å². The van der Waals surface area contributed by atoms with Crippen LogP contribution in [0.3, 0.4) is 0 Å². The van der Waals surface area contributed by atoms with Crippen LogP contribution in [0.5, 0.6) is 0 Å². The fraction of sp³-hybridized carbons (Fsp3) is 0.333. The van der Waals surface area contributed by atoms with Crippen molar-refractivity contribution in [3.8, 4) is 11.1 Å². The molecular weight excluding hydrogens is 414 g/mol. The second-order valence-electron chi connectivity index (χ2n) is 7.90. The lowest BCUT2D eigenvalue weighted by Gasteiger charge is -2.21. The van der Waals surface area contributed by atoms with Gasteiger partial charge >= 0.3 is 0 Å². The minimum absolute atomic E-state index is 0.0208. The maximum absolute atomic E-state index is 10.1. The number of anilines is 1. The zero-order chi connectivity index (χ0) is 21.1. The van der Waals surface area contributed by atoms with E-state index in [9.17, 15) is 5.11 Å². The van der Waals surface area contributed by atoms with Crippen molar-refractivity contribution in [3.63, 3.8) is 0 Å². The summed E-state index contributed by atoms with van der Waals surface area (Å²) in [5.41, 5.74) is 4.41. The molecule has 0 bridgehead atoms. The van der Waals surface area contributed by atoms with Gasteiger partial charge in [-0.1, -0.05) is 49.7 Å². The van der Waals surface area contributed by atoms with E-state index in [1.165, 1.54) is 11.1 Å². The molecule has 4 rings (SSSR count). The van der Waals surface area contributed by atoms with Crippen LogP contribution >= 0.6 is 23.4 Å². The summed E-state index contributed by atoms with van der Waals surface area (Å²) < 4.78 is 0.